The second-order valence-corrected chi connectivity index (χ2v) is 7.93. The van der Waals surface area contributed by atoms with Crippen LogP contribution in [-0.4, -0.2) is 53.6 Å². The Bertz CT molecular complexity index is 970. The first-order chi connectivity index (χ1) is 13.5. The number of amides is 4. The van der Waals surface area contributed by atoms with Crippen molar-refractivity contribution in [2.75, 3.05) is 25.5 Å². The molecule has 7 nitrogen and oxygen atoms in total. The summed E-state index contributed by atoms with van der Waals surface area (Å²) in [7, 11) is 1.43. The molecule has 4 amide bonds. The van der Waals surface area contributed by atoms with E-state index in [0.717, 1.165) is 11.3 Å². The lowest BCUT2D eigenvalue weighted by atomic mass is 9.96. The highest BCUT2D eigenvalue weighted by atomic mass is 32.1. The van der Waals surface area contributed by atoms with Gasteiger partial charge < -0.3 is 10.2 Å². The Balaban J connectivity index is 1.45. The number of carbonyl (C=O) groups excluding carboxylic acids is 4. The molecule has 1 aromatic carbocycles. The third-order valence-corrected chi connectivity index (χ3v) is 6.03. The van der Waals surface area contributed by atoms with Crippen molar-refractivity contribution in [3.05, 3.63) is 51.7 Å². The topological polar surface area (TPSA) is 86.8 Å². The van der Waals surface area contributed by atoms with Gasteiger partial charge in [0.2, 0.25) is 5.91 Å². The average molecular weight is 397 g/mol. The van der Waals surface area contributed by atoms with Crippen LogP contribution in [0, 0.1) is 5.92 Å². The van der Waals surface area contributed by atoms with Gasteiger partial charge in [0.25, 0.3) is 17.7 Å². The summed E-state index contributed by atoms with van der Waals surface area (Å²) in [5, 5.41) is 4.69. The molecule has 1 unspecified atom stereocenters. The first kappa shape index (κ1) is 18.4. The number of carbonyl (C=O) groups is 4. The highest BCUT2D eigenvalue weighted by molar-refractivity contribution is 7.12. The Kier molecular flexibility index (Phi) is 4.72. The van der Waals surface area contributed by atoms with Gasteiger partial charge in [0.05, 0.1) is 21.9 Å². The highest BCUT2D eigenvalue weighted by Crippen LogP contribution is 2.26. The Hall–Kier alpha value is -3.00. The lowest BCUT2D eigenvalue weighted by Gasteiger charge is -2.31. The third-order valence-electron chi connectivity index (χ3n) is 5.17. The van der Waals surface area contributed by atoms with Crippen LogP contribution in [0.15, 0.2) is 35.7 Å². The van der Waals surface area contributed by atoms with Crippen molar-refractivity contribution < 1.29 is 19.2 Å². The molecule has 144 valence electrons. The molecule has 1 fully saturated rings. The monoisotopic (exact) mass is 397 g/mol. The van der Waals surface area contributed by atoms with Crippen LogP contribution in [0.5, 0.6) is 0 Å². The summed E-state index contributed by atoms with van der Waals surface area (Å²) in [6, 6.07) is 8.34. The van der Waals surface area contributed by atoms with Gasteiger partial charge in [0, 0.05) is 25.8 Å². The summed E-state index contributed by atoms with van der Waals surface area (Å²) in [5.74, 6) is -1.26. The molecule has 1 atom stereocenters. The second-order valence-electron chi connectivity index (χ2n) is 6.99. The number of anilines is 1. The minimum Gasteiger partial charge on any atom is -0.337 e. The van der Waals surface area contributed by atoms with E-state index in [4.69, 9.17) is 0 Å². The Morgan fingerprint density at radius 1 is 1.14 bits per heavy atom. The van der Waals surface area contributed by atoms with E-state index in [1.165, 1.54) is 24.5 Å². The summed E-state index contributed by atoms with van der Waals surface area (Å²) in [4.78, 5) is 52.8. The first-order valence-corrected chi connectivity index (χ1v) is 9.94. The van der Waals surface area contributed by atoms with Gasteiger partial charge in [-0.15, -0.1) is 11.3 Å². The van der Waals surface area contributed by atoms with Gasteiger partial charge in [-0.1, -0.05) is 6.07 Å². The van der Waals surface area contributed by atoms with E-state index in [1.54, 1.807) is 23.1 Å². The van der Waals surface area contributed by atoms with E-state index in [-0.39, 0.29) is 29.5 Å². The van der Waals surface area contributed by atoms with Crippen LogP contribution in [0.25, 0.3) is 0 Å². The van der Waals surface area contributed by atoms with Gasteiger partial charge in [-0.25, -0.2) is 0 Å². The zero-order chi connectivity index (χ0) is 19.8. The van der Waals surface area contributed by atoms with E-state index in [9.17, 15) is 19.2 Å². The zero-order valence-electron chi connectivity index (χ0n) is 15.3. The second kappa shape index (κ2) is 7.20. The summed E-state index contributed by atoms with van der Waals surface area (Å²) >= 11 is 1.39. The number of thiophene rings is 1. The molecule has 1 saturated heterocycles. The van der Waals surface area contributed by atoms with Gasteiger partial charge in [0.1, 0.15) is 0 Å². The van der Waals surface area contributed by atoms with Gasteiger partial charge in [-0.05, 0) is 42.5 Å². The van der Waals surface area contributed by atoms with Gasteiger partial charge >= 0.3 is 0 Å². The molecule has 28 heavy (non-hydrogen) atoms. The molecule has 2 aliphatic heterocycles. The van der Waals surface area contributed by atoms with Crippen molar-refractivity contribution in [2.45, 2.75) is 12.8 Å². The maximum absolute atomic E-state index is 12.7. The van der Waals surface area contributed by atoms with Crippen molar-refractivity contribution in [3.63, 3.8) is 0 Å². The van der Waals surface area contributed by atoms with Crippen molar-refractivity contribution >= 4 is 40.7 Å². The van der Waals surface area contributed by atoms with E-state index in [1.807, 2.05) is 11.4 Å². The van der Waals surface area contributed by atoms with E-state index >= 15 is 0 Å². The van der Waals surface area contributed by atoms with Crippen LogP contribution < -0.4 is 5.32 Å². The fourth-order valence-electron chi connectivity index (χ4n) is 3.62. The number of hydrogen-bond donors (Lipinski definition) is 1. The molecule has 3 heterocycles. The number of nitrogens with one attached hydrogen (secondary N) is 1. The smallest absolute Gasteiger partial charge is 0.263 e. The molecular formula is C20H19N3O4S. The van der Waals surface area contributed by atoms with Crippen LogP contribution in [0.4, 0.5) is 5.69 Å². The summed E-state index contributed by atoms with van der Waals surface area (Å²) in [6.45, 7) is 1.01. The summed E-state index contributed by atoms with van der Waals surface area (Å²) in [5.41, 5.74) is 1.11. The minimum atomic E-state index is -0.374. The number of nitrogens with zero attached hydrogens (tertiary/aromatic N) is 2. The maximum atomic E-state index is 12.7. The molecule has 2 aromatic rings. The Labute approximate surface area is 165 Å². The predicted octanol–water partition coefficient (Wildman–Crippen LogP) is 2.46. The fourth-order valence-corrected chi connectivity index (χ4v) is 4.31. The predicted molar refractivity (Wildman–Crippen MR) is 104 cm³/mol. The molecule has 0 bridgehead atoms. The van der Waals surface area contributed by atoms with E-state index in [2.05, 4.69) is 5.32 Å². The van der Waals surface area contributed by atoms with E-state index in [0.29, 0.717) is 41.2 Å². The number of benzene rings is 1. The molecule has 1 aromatic heterocycles. The highest BCUT2D eigenvalue weighted by Gasteiger charge is 2.33. The van der Waals surface area contributed by atoms with Gasteiger partial charge in [-0.3, -0.25) is 24.1 Å². The lowest BCUT2D eigenvalue weighted by molar-refractivity contribution is -0.121. The van der Waals surface area contributed by atoms with Crippen LogP contribution in [-0.2, 0) is 4.79 Å². The van der Waals surface area contributed by atoms with Crippen LogP contribution >= 0.6 is 11.3 Å². The molecular weight excluding hydrogens is 378 g/mol. The summed E-state index contributed by atoms with van der Waals surface area (Å²) < 4.78 is 0. The number of likely N-dealkylation sites (tertiary alicyclic amines) is 1. The minimum absolute atomic E-state index is 0.0443. The lowest BCUT2D eigenvalue weighted by Crippen LogP contribution is -2.43. The summed E-state index contributed by atoms with van der Waals surface area (Å²) in [6.07, 6.45) is 1.46. The van der Waals surface area contributed by atoms with Crippen molar-refractivity contribution in [2.24, 2.45) is 5.92 Å². The quantitative estimate of drug-likeness (QED) is 0.806. The molecule has 0 saturated carbocycles. The van der Waals surface area contributed by atoms with Crippen molar-refractivity contribution in [3.8, 4) is 0 Å². The van der Waals surface area contributed by atoms with Crippen molar-refractivity contribution in [1.29, 1.82) is 0 Å². The molecule has 0 aliphatic carbocycles. The molecule has 1 N–H and O–H groups in total. The van der Waals surface area contributed by atoms with Gasteiger partial charge in [-0.2, -0.15) is 0 Å². The number of imide groups is 1. The van der Waals surface area contributed by atoms with Crippen LogP contribution in [0.3, 0.4) is 0 Å². The maximum Gasteiger partial charge on any atom is 0.263 e. The van der Waals surface area contributed by atoms with Crippen LogP contribution in [0.1, 0.15) is 43.2 Å². The molecule has 8 heteroatoms. The average Bonchev–Trinajstić information content (AvgIpc) is 3.32. The number of hydrogen-bond acceptors (Lipinski definition) is 5. The van der Waals surface area contributed by atoms with Crippen LogP contribution in [0.2, 0.25) is 0 Å². The molecule has 0 radical (unpaired) electrons. The number of piperidine rings is 1. The fraction of sp³-hybridized carbons (Fsp3) is 0.300. The SMILES string of the molecule is CN1C(=O)c2ccc(NC(=O)C3CCCN(C(=O)c4cccs4)C3)cc2C1=O. The normalized spacial score (nSPS) is 19.0. The number of fused-ring (bicyclic) bond motifs is 1. The molecule has 4 rings (SSSR count). The Morgan fingerprint density at radius 2 is 1.93 bits per heavy atom. The zero-order valence-corrected chi connectivity index (χ0v) is 16.1. The van der Waals surface area contributed by atoms with E-state index < -0.39 is 0 Å². The Morgan fingerprint density at radius 3 is 2.68 bits per heavy atom. The molecule has 2 aliphatic rings. The third kappa shape index (κ3) is 3.20. The standard InChI is InChI=1S/C20H19N3O4S/c1-22-18(25)14-7-6-13(10-15(14)19(22)26)21-17(24)12-4-2-8-23(11-12)20(27)16-5-3-9-28-16/h3,5-7,9-10,12H,2,4,8,11H2,1H3,(H,21,24). The largest absolute Gasteiger partial charge is 0.337 e. The number of rotatable bonds is 3. The first-order valence-electron chi connectivity index (χ1n) is 9.06. The van der Waals surface area contributed by atoms with Gasteiger partial charge in [0.15, 0.2) is 0 Å². The van der Waals surface area contributed by atoms with Crippen molar-refractivity contribution in [1.82, 2.24) is 9.80 Å². The molecule has 0 spiro atoms.